The molecule has 68 valence electrons. The number of hydrogen-bond acceptors (Lipinski definition) is 3. The summed E-state index contributed by atoms with van der Waals surface area (Å²) in [4.78, 5) is 0. The predicted molar refractivity (Wildman–Crippen MR) is 45.6 cm³/mol. The van der Waals surface area contributed by atoms with E-state index in [1.165, 1.54) is 13.0 Å². The second-order valence-corrected chi connectivity index (χ2v) is 5.16. The minimum absolute atomic E-state index is 0. The molecule has 1 atom stereocenters. The van der Waals surface area contributed by atoms with Crippen LogP contribution >= 0.6 is 0 Å². The van der Waals surface area contributed by atoms with Gasteiger partial charge in [-0.2, -0.15) is 0 Å². The molecule has 1 rings (SSSR count). The summed E-state index contributed by atoms with van der Waals surface area (Å²) in [5, 5.41) is 0. The molecule has 0 fully saturated rings. The molecule has 0 saturated carbocycles. The minimum Gasteiger partial charge on any atom is -0.747 e. The topological polar surface area (TPSA) is 57.2 Å². The summed E-state index contributed by atoms with van der Waals surface area (Å²) in [5.74, 6) is 0. The second-order valence-electron chi connectivity index (χ2n) is 3.32. The number of rotatable bonds is 1. The molecule has 0 bridgehead atoms. The summed E-state index contributed by atoms with van der Waals surface area (Å²) in [7, 11) is -4.24. The molecule has 0 N–H and O–H groups in total. The predicted octanol–water partition coefficient (Wildman–Crippen LogP) is -1.80. The van der Waals surface area contributed by atoms with Gasteiger partial charge in [0.15, 0.2) is 0 Å². The SMILES string of the molecule is CC1=CC=CC(C)(S(=O)(=O)[O-])C1.[K+]. The van der Waals surface area contributed by atoms with Crippen molar-refractivity contribution in [1.82, 2.24) is 0 Å². The van der Waals surface area contributed by atoms with E-state index in [2.05, 4.69) is 0 Å². The largest absolute Gasteiger partial charge is 1.00 e. The van der Waals surface area contributed by atoms with E-state index in [0.717, 1.165) is 5.57 Å². The maximum Gasteiger partial charge on any atom is 1.00 e. The van der Waals surface area contributed by atoms with Crippen LogP contribution in [-0.2, 0) is 10.1 Å². The normalized spacial score (nSPS) is 27.8. The molecule has 0 heterocycles. The van der Waals surface area contributed by atoms with Gasteiger partial charge < -0.3 is 4.55 Å². The van der Waals surface area contributed by atoms with Crippen molar-refractivity contribution in [3.63, 3.8) is 0 Å². The van der Waals surface area contributed by atoms with E-state index in [1.807, 2.05) is 13.0 Å². The first kappa shape index (κ1) is 14.0. The Kier molecular flexibility index (Phi) is 5.07. The molecule has 0 amide bonds. The molecular formula is C8H11KO3S. The fourth-order valence-electron chi connectivity index (χ4n) is 1.26. The zero-order valence-electron chi connectivity index (χ0n) is 8.07. The first-order valence-electron chi connectivity index (χ1n) is 3.66. The molecule has 13 heavy (non-hydrogen) atoms. The third-order valence-electron chi connectivity index (χ3n) is 2.03. The van der Waals surface area contributed by atoms with E-state index in [-0.39, 0.29) is 51.4 Å². The van der Waals surface area contributed by atoms with Gasteiger partial charge in [0.2, 0.25) is 0 Å². The van der Waals surface area contributed by atoms with Crippen molar-refractivity contribution >= 4 is 10.1 Å². The smallest absolute Gasteiger partial charge is 0.747 e. The zero-order valence-corrected chi connectivity index (χ0v) is 12.0. The van der Waals surface area contributed by atoms with Crippen molar-refractivity contribution in [1.29, 1.82) is 0 Å². The van der Waals surface area contributed by atoms with Gasteiger partial charge in [-0.1, -0.05) is 23.8 Å². The molecule has 1 unspecified atom stereocenters. The van der Waals surface area contributed by atoms with Gasteiger partial charge in [-0.05, 0) is 20.3 Å². The van der Waals surface area contributed by atoms with Crippen molar-refractivity contribution in [2.45, 2.75) is 25.0 Å². The fraction of sp³-hybridized carbons (Fsp3) is 0.500. The molecule has 0 saturated heterocycles. The molecule has 0 aromatic heterocycles. The third kappa shape index (κ3) is 3.26. The van der Waals surface area contributed by atoms with E-state index < -0.39 is 14.9 Å². The first-order chi connectivity index (χ1) is 5.35. The Balaban J connectivity index is 0.00000144. The van der Waals surface area contributed by atoms with E-state index in [0.29, 0.717) is 6.42 Å². The van der Waals surface area contributed by atoms with Crippen LogP contribution < -0.4 is 51.4 Å². The minimum atomic E-state index is -4.24. The Morgan fingerprint density at radius 2 is 2.08 bits per heavy atom. The summed E-state index contributed by atoms with van der Waals surface area (Å²) < 4.78 is 31.2. The van der Waals surface area contributed by atoms with Crippen LogP contribution in [0.3, 0.4) is 0 Å². The van der Waals surface area contributed by atoms with Crippen molar-refractivity contribution in [3.05, 3.63) is 23.8 Å². The molecule has 0 aromatic rings. The van der Waals surface area contributed by atoms with Gasteiger partial charge in [0, 0.05) is 0 Å². The van der Waals surface area contributed by atoms with Gasteiger partial charge in [-0.25, -0.2) is 8.42 Å². The standard InChI is InChI=1S/C8H12O3S.K/c1-7-4-3-5-8(2,6-7)12(9,10)11;/h3-5H,6H2,1-2H3,(H,9,10,11);/q;+1/p-1. The van der Waals surface area contributed by atoms with E-state index in [1.54, 1.807) is 6.08 Å². The van der Waals surface area contributed by atoms with Crippen molar-refractivity contribution in [2.24, 2.45) is 0 Å². The molecule has 5 heteroatoms. The van der Waals surface area contributed by atoms with Crippen molar-refractivity contribution in [3.8, 4) is 0 Å². The Bertz CT molecular complexity index is 342. The second kappa shape index (κ2) is 4.70. The maximum atomic E-state index is 10.8. The van der Waals surface area contributed by atoms with E-state index in [4.69, 9.17) is 0 Å². The van der Waals surface area contributed by atoms with E-state index in [9.17, 15) is 13.0 Å². The third-order valence-corrected chi connectivity index (χ3v) is 3.45. The quantitative estimate of drug-likeness (QED) is 0.391. The number of allylic oxidation sites excluding steroid dienone is 3. The van der Waals surface area contributed by atoms with Crippen LogP contribution in [0.1, 0.15) is 20.3 Å². The summed E-state index contributed by atoms with van der Waals surface area (Å²) >= 11 is 0. The Hall–Kier alpha value is 1.03. The molecule has 1 aliphatic carbocycles. The van der Waals surface area contributed by atoms with Crippen LogP contribution in [0, 0.1) is 0 Å². The van der Waals surface area contributed by atoms with E-state index >= 15 is 0 Å². The van der Waals surface area contributed by atoms with Crippen LogP contribution in [0.4, 0.5) is 0 Å². The van der Waals surface area contributed by atoms with Crippen LogP contribution in [0.5, 0.6) is 0 Å². The van der Waals surface area contributed by atoms with Crippen molar-refractivity contribution < 1.29 is 64.4 Å². The molecular weight excluding hydrogens is 215 g/mol. The van der Waals surface area contributed by atoms with Gasteiger partial charge in [0.25, 0.3) is 0 Å². The van der Waals surface area contributed by atoms with Gasteiger partial charge in [0.1, 0.15) is 10.1 Å². The van der Waals surface area contributed by atoms with Gasteiger partial charge in [-0.3, -0.25) is 0 Å². The van der Waals surface area contributed by atoms with Gasteiger partial charge >= 0.3 is 51.4 Å². The summed E-state index contributed by atoms with van der Waals surface area (Å²) in [6.07, 6.45) is 5.18. The molecule has 0 aromatic carbocycles. The Morgan fingerprint density at radius 1 is 1.54 bits per heavy atom. The maximum absolute atomic E-state index is 10.8. The fourth-order valence-corrected chi connectivity index (χ4v) is 1.91. The Labute approximate surface area is 121 Å². The average Bonchev–Trinajstić information content (AvgIpc) is 1.83. The molecule has 3 nitrogen and oxygen atoms in total. The van der Waals surface area contributed by atoms with Crippen LogP contribution in [0.25, 0.3) is 0 Å². The first-order valence-corrected chi connectivity index (χ1v) is 5.06. The zero-order chi connectivity index (χ0) is 9.41. The van der Waals surface area contributed by atoms with Crippen LogP contribution in [0.2, 0.25) is 0 Å². The monoisotopic (exact) mass is 226 g/mol. The molecule has 1 aliphatic rings. The van der Waals surface area contributed by atoms with Gasteiger partial charge in [-0.15, -0.1) is 0 Å². The Morgan fingerprint density at radius 3 is 2.38 bits per heavy atom. The molecule has 0 aliphatic heterocycles. The average molecular weight is 226 g/mol. The van der Waals surface area contributed by atoms with Crippen LogP contribution in [-0.4, -0.2) is 17.7 Å². The summed E-state index contributed by atoms with van der Waals surface area (Å²) in [6, 6.07) is 0. The van der Waals surface area contributed by atoms with Gasteiger partial charge in [0.05, 0.1) is 4.75 Å². The van der Waals surface area contributed by atoms with Crippen LogP contribution in [0.15, 0.2) is 23.8 Å². The van der Waals surface area contributed by atoms with Crippen molar-refractivity contribution in [2.75, 3.05) is 0 Å². The molecule has 0 radical (unpaired) electrons. The molecule has 0 spiro atoms. The summed E-state index contributed by atoms with van der Waals surface area (Å²) in [6.45, 7) is 3.26. The number of hydrogen-bond donors (Lipinski definition) is 0. The summed E-state index contributed by atoms with van der Waals surface area (Å²) in [5.41, 5.74) is 0.916.